The number of nitrogens with zero attached hydrogens (tertiary/aromatic N) is 3. The lowest BCUT2D eigenvalue weighted by atomic mass is 9.33. The van der Waals surface area contributed by atoms with Gasteiger partial charge in [0.2, 0.25) is 0 Å². The molecule has 0 radical (unpaired) electrons. The molecule has 0 atom stereocenters. The minimum atomic E-state index is -0.112. The van der Waals surface area contributed by atoms with Crippen LogP contribution >= 0.6 is 11.3 Å². The lowest BCUT2D eigenvalue weighted by Crippen LogP contribution is -2.60. The standard InChI is InChI=1S/C66H62BN3OS/c1-63(2,3)39-24-29-43(30-25-39)68(44-31-26-40(27-32-44)64(4,5)6)45-37-53-59-54(38-45)70-60-48(62-61(70)46-18-13-15-21-55(46)71-62)34-42(66(10,11)12)35-50(60)67(59)49-33-28-41(65(7,8)9)36-52(49)69(53)51-20-17-23-57-58(51)47-19-14-16-22-56(47)72-57/h13-38H,1-12H3. The van der Waals surface area contributed by atoms with E-state index in [1.54, 1.807) is 0 Å². The molecule has 0 spiro atoms. The molecule has 356 valence electrons. The van der Waals surface area contributed by atoms with Crippen LogP contribution in [0.4, 0.5) is 34.1 Å². The predicted octanol–water partition coefficient (Wildman–Crippen LogP) is 17.2. The zero-order chi connectivity index (χ0) is 50.0. The second-order valence-corrected chi connectivity index (χ2v) is 25.8. The molecule has 0 saturated heterocycles. The topological polar surface area (TPSA) is 24.6 Å². The number of anilines is 6. The Morgan fingerprint density at radius 3 is 1.67 bits per heavy atom. The van der Waals surface area contributed by atoms with Crippen molar-refractivity contribution in [3.05, 3.63) is 180 Å². The van der Waals surface area contributed by atoms with Gasteiger partial charge in [0.25, 0.3) is 6.71 Å². The van der Waals surface area contributed by atoms with Crippen molar-refractivity contribution in [2.45, 2.75) is 105 Å². The number of para-hydroxylation sites is 1. The molecule has 11 aromatic rings. The van der Waals surface area contributed by atoms with Gasteiger partial charge in [-0.25, -0.2) is 0 Å². The third-order valence-corrected chi connectivity index (χ3v) is 16.9. The molecule has 0 unspecified atom stereocenters. The van der Waals surface area contributed by atoms with Crippen molar-refractivity contribution in [3.63, 3.8) is 0 Å². The molecule has 13 rings (SSSR count). The molecule has 0 aliphatic carbocycles. The second-order valence-electron chi connectivity index (χ2n) is 24.7. The maximum atomic E-state index is 7.07. The molecule has 3 aromatic heterocycles. The van der Waals surface area contributed by atoms with E-state index in [2.05, 4.69) is 255 Å². The summed E-state index contributed by atoms with van der Waals surface area (Å²) in [6, 6.07) is 60.5. The summed E-state index contributed by atoms with van der Waals surface area (Å²) in [5, 5.41) is 4.85. The van der Waals surface area contributed by atoms with Crippen LogP contribution in [0, 0.1) is 0 Å². The van der Waals surface area contributed by atoms with Crippen LogP contribution in [-0.4, -0.2) is 11.3 Å². The Balaban J connectivity index is 1.22. The molecule has 0 saturated carbocycles. The van der Waals surface area contributed by atoms with Gasteiger partial charge in [-0.3, -0.25) is 0 Å². The zero-order valence-electron chi connectivity index (χ0n) is 43.7. The highest BCUT2D eigenvalue weighted by Crippen LogP contribution is 2.51. The van der Waals surface area contributed by atoms with Gasteiger partial charge in [0.15, 0.2) is 5.58 Å². The molecule has 0 amide bonds. The molecule has 6 heteroatoms. The first-order valence-electron chi connectivity index (χ1n) is 25.8. The smallest absolute Gasteiger partial charge is 0.252 e. The third kappa shape index (κ3) is 6.70. The number of rotatable bonds is 4. The number of thiophene rings is 1. The van der Waals surface area contributed by atoms with Crippen LogP contribution in [0.25, 0.3) is 58.8 Å². The van der Waals surface area contributed by atoms with Gasteiger partial charge < -0.3 is 18.8 Å². The normalized spacial score (nSPS) is 13.8. The van der Waals surface area contributed by atoms with E-state index in [0.29, 0.717) is 0 Å². The fraction of sp³-hybridized carbons (Fsp3) is 0.242. The molecule has 2 aliphatic rings. The fourth-order valence-corrected chi connectivity index (χ4v) is 13.0. The average Bonchev–Trinajstić information content (AvgIpc) is 4.01. The van der Waals surface area contributed by atoms with Gasteiger partial charge in [0.05, 0.1) is 16.9 Å². The first-order valence-corrected chi connectivity index (χ1v) is 26.6. The summed E-state index contributed by atoms with van der Waals surface area (Å²) in [7, 11) is 0. The molecule has 0 N–H and O–H groups in total. The number of hydrogen-bond acceptors (Lipinski definition) is 4. The van der Waals surface area contributed by atoms with Gasteiger partial charge in [-0.2, -0.15) is 0 Å². The monoisotopic (exact) mass is 955 g/mol. The second kappa shape index (κ2) is 15.3. The van der Waals surface area contributed by atoms with E-state index in [9.17, 15) is 0 Å². The molecular weight excluding hydrogens is 894 g/mol. The van der Waals surface area contributed by atoms with E-state index >= 15 is 0 Å². The SMILES string of the molecule is CC(C)(C)c1ccc(N(c2ccc(C(C)(C)C)cc2)c2cc3c4c(c2)-n2c5c(cc(C(C)(C)C)cc5c5oc6ccccc6c52)B4c2ccc(C(C)(C)C)cc2N3c2cccc3sc4ccccc4c23)cc1. The summed E-state index contributed by atoms with van der Waals surface area (Å²) in [4.78, 5) is 5.15. The maximum absolute atomic E-state index is 7.07. The quantitative estimate of drug-likeness (QED) is 0.164. The molecule has 8 aromatic carbocycles. The summed E-state index contributed by atoms with van der Waals surface area (Å²) >= 11 is 1.88. The van der Waals surface area contributed by atoms with Crippen molar-refractivity contribution in [3.8, 4) is 5.69 Å². The molecule has 0 fully saturated rings. The van der Waals surface area contributed by atoms with Gasteiger partial charge in [0, 0.05) is 59.4 Å². The van der Waals surface area contributed by atoms with Crippen molar-refractivity contribution >= 4 is 122 Å². The van der Waals surface area contributed by atoms with Gasteiger partial charge >= 0.3 is 0 Å². The van der Waals surface area contributed by atoms with Gasteiger partial charge in [0.1, 0.15) is 11.1 Å². The Labute approximate surface area is 428 Å². The number of benzene rings is 8. The molecule has 2 aliphatic heterocycles. The van der Waals surface area contributed by atoms with E-state index in [4.69, 9.17) is 4.42 Å². The highest BCUT2D eigenvalue weighted by Gasteiger charge is 2.45. The van der Waals surface area contributed by atoms with Crippen molar-refractivity contribution in [2.24, 2.45) is 0 Å². The van der Waals surface area contributed by atoms with Crippen molar-refractivity contribution in [1.82, 2.24) is 4.57 Å². The van der Waals surface area contributed by atoms with Crippen LogP contribution in [0.2, 0.25) is 0 Å². The van der Waals surface area contributed by atoms with Crippen LogP contribution in [0.5, 0.6) is 0 Å². The molecule has 4 nitrogen and oxygen atoms in total. The first kappa shape index (κ1) is 44.9. The molecular formula is C66H62BN3OS. The number of furan rings is 1. The third-order valence-electron chi connectivity index (χ3n) is 15.8. The van der Waals surface area contributed by atoms with Crippen LogP contribution in [0.1, 0.15) is 105 Å². The lowest BCUT2D eigenvalue weighted by molar-refractivity contribution is 0.590. The van der Waals surface area contributed by atoms with E-state index in [1.165, 1.54) is 92.5 Å². The van der Waals surface area contributed by atoms with Crippen LogP contribution in [0.15, 0.2) is 162 Å². The highest BCUT2D eigenvalue weighted by molar-refractivity contribution is 7.26. The minimum Gasteiger partial charge on any atom is -0.454 e. The summed E-state index contributed by atoms with van der Waals surface area (Å²) < 4.78 is 12.2. The van der Waals surface area contributed by atoms with Crippen molar-refractivity contribution < 1.29 is 4.42 Å². The minimum absolute atomic E-state index is 0.00809. The largest absolute Gasteiger partial charge is 0.454 e. The van der Waals surface area contributed by atoms with Crippen molar-refractivity contribution in [2.75, 3.05) is 9.80 Å². The Morgan fingerprint density at radius 1 is 0.431 bits per heavy atom. The maximum Gasteiger partial charge on any atom is 0.252 e. The number of aromatic nitrogens is 1. The lowest BCUT2D eigenvalue weighted by Gasteiger charge is -2.42. The van der Waals surface area contributed by atoms with E-state index in [0.717, 1.165) is 39.1 Å². The molecule has 0 bridgehead atoms. The van der Waals surface area contributed by atoms with Gasteiger partial charge in [-0.15, -0.1) is 11.3 Å². The number of hydrogen-bond donors (Lipinski definition) is 0. The van der Waals surface area contributed by atoms with E-state index < -0.39 is 0 Å². The zero-order valence-corrected chi connectivity index (χ0v) is 44.6. The Kier molecular flexibility index (Phi) is 9.51. The Hall–Kier alpha value is -7.02. The highest BCUT2D eigenvalue weighted by atomic mass is 32.1. The Bertz CT molecular complexity index is 3970. The average molecular weight is 956 g/mol. The molecule has 5 heterocycles. The summed E-state index contributed by atoms with van der Waals surface area (Å²) in [6.07, 6.45) is 0. The Morgan fingerprint density at radius 2 is 1.01 bits per heavy atom. The van der Waals surface area contributed by atoms with Crippen LogP contribution in [0.3, 0.4) is 0 Å². The first-order chi connectivity index (χ1) is 34.2. The summed E-state index contributed by atoms with van der Waals surface area (Å²) in [6.45, 7) is 27.8. The molecule has 72 heavy (non-hydrogen) atoms. The van der Waals surface area contributed by atoms with Crippen LogP contribution < -0.4 is 26.2 Å². The van der Waals surface area contributed by atoms with Gasteiger partial charge in [-0.05, 0) is 139 Å². The van der Waals surface area contributed by atoms with Gasteiger partial charge in [-0.1, -0.05) is 162 Å². The van der Waals surface area contributed by atoms with Crippen LogP contribution in [-0.2, 0) is 21.7 Å². The summed E-state index contributed by atoms with van der Waals surface area (Å²) in [5.41, 5.74) is 21.3. The predicted molar refractivity (Wildman–Crippen MR) is 312 cm³/mol. The fourth-order valence-electron chi connectivity index (χ4n) is 11.9. The number of fused-ring (bicyclic) bond motifs is 12. The van der Waals surface area contributed by atoms with Crippen molar-refractivity contribution in [1.29, 1.82) is 0 Å². The van der Waals surface area contributed by atoms with E-state index in [-0.39, 0.29) is 28.4 Å². The summed E-state index contributed by atoms with van der Waals surface area (Å²) in [5.74, 6) is 0. The van der Waals surface area contributed by atoms with E-state index in [1.807, 2.05) is 11.3 Å².